The number of hydrogen-bond donors (Lipinski definition) is 4. The van der Waals surface area contributed by atoms with E-state index in [0.717, 1.165) is 31.3 Å². The van der Waals surface area contributed by atoms with Crippen LogP contribution in [0.15, 0.2) is 46.4 Å². The van der Waals surface area contributed by atoms with Crippen LogP contribution in [-0.2, 0) is 0 Å². The van der Waals surface area contributed by atoms with Gasteiger partial charge in [-0.1, -0.05) is 12.1 Å². The molecule has 0 saturated heterocycles. The molecule has 4 rings (SSSR count). The first-order valence-corrected chi connectivity index (χ1v) is 8.11. The van der Waals surface area contributed by atoms with Gasteiger partial charge >= 0.3 is 0 Å². The van der Waals surface area contributed by atoms with Crippen molar-refractivity contribution in [3.8, 4) is 5.88 Å². The monoisotopic (exact) mass is 361 g/mol. The molecule has 3 heterocycles. The van der Waals surface area contributed by atoms with Crippen molar-refractivity contribution in [1.82, 2.24) is 4.98 Å². The molecule has 3 aromatic rings. The number of fused-ring (bicyclic) bond motifs is 2. The van der Waals surface area contributed by atoms with Crippen LogP contribution in [0.2, 0.25) is 0 Å². The summed E-state index contributed by atoms with van der Waals surface area (Å²) in [6, 6.07) is 12.0. The zero-order valence-corrected chi connectivity index (χ0v) is 13.3. The smallest absolute Gasteiger partial charge is 0.196 e. The Labute approximate surface area is 134 Å². The fraction of sp³-hybridized carbons (Fsp3) is 0.0667. The van der Waals surface area contributed by atoms with E-state index in [1.54, 1.807) is 17.5 Å². The summed E-state index contributed by atoms with van der Waals surface area (Å²) in [7, 11) is 0. The Hall–Kier alpha value is -1.92. The predicted octanol–water partition coefficient (Wildman–Crippen LogP) is 4.80. The summed E-state index contributed by atoms with van der Waals surface area (Å²) < 4.78 is 1.07. The summed E-state index contributed by atoms with van der Waals surface area (Å²) in [4.78, 5) is 4.03. The van der Waals surface area contributed by atoms with Crippen LogP contribution in [0, 0.1) is 0 Å². The number of aromatic amines is 1. The highest BCUT2D eigenvalue weighted by atomic mass is 79.9. The van der Waals surface area contributed by atoms with E-state index < -0.39 is 0 Å². The summed E-state index contributed by atoms with van der Waals surface area (Å²) in [6.45, 7) is 0. The van der Waals surface area contributed by atoms with Gasteiger partial charge in [0.1, 0.15) is 0 Å². The van der Waals surface area contributed by atoms with E-state index in [1.807, 2.05) is 30.3 Å². The van der Waals surface area contributed by atoms with Gasteiger partial charge in [0, 0.05) is 11.1 Å². The Balaban J connectivity index is 1.90. The number of para-hydroxylation sites is 2. The van der Waals surface area contributed by atoms with Crippen molar-refractivity contribution in [3.05, 3.63) is 56.8 Å². The van der Waals surface area contributed by atoms with Crippen molar-refractivity contribution in [2.24, 2.45) is 0 Å². The Morgan fingerprint density at radius 1 is 1.05 bits per heavy atom. The maximum atomic E-state index is 10.2. The molecule has 2 aromatic heterocycles. The standard InChI is InChI=1S/C15H12BrN3OS/c16-12-6-5-11(21-12)14-13-10(7-17-15(13)20)18-8-3-1-2-4-9(8)19-14/h1-7,14,17-20H. The fourth-order valence-corrected chi connectivity index (χ4v) is 4.09. The summed E-state index contributed by atoms with van der Waals surface area (Å²) in [5.41, 5.74) is 3.73. The zero-order chi connectivity index (χ0) is 14.4. The molecule has 4 nitrogen and oxygen atoms in total. The lowest BCUT2D eigenvalue weighted by atomic mass is 10.1. The first-order valence-electron chi connectivity index (χ1n) is 6.50. The number of H-pyrrole nitrogens is 1. The van der Waals surface area contributed by atoms with Gasteiger partial charge in [0.25, 0.3) is 0 Å². The molecular formula is C15H12BrN3OS. The van der Waals surface area contributed by atoms with Crippen LogP contribution in [0.5, 0.6) is 5.88 Å². The minimum Gasteiger partial charge on any atom is -0.494 e. The van der Waals surface area contributed by atoms with Gasteiger partial charge in [-0.05, 0) is 40.2 Å². The van der Waals surface area contributed by atoms with E-state index in [-0.39, 0.29) is 11.9 Å². The molecule has 1 aliphatic rings. The van der Waals surface area contributed by atoms with Gasteiger partial charge < -0.3 is 20.7 Å². The average Bonchev–Trinajstić information content (AvgIpc) is 3.01. The molecule has 0 fully saturated rings. The maximum Gasteiger partial charge on any atom is 0.196 e. The van der Waals surface area contributed by atoms with Crippen molar-refractivity contribution in [2.45, 2.75) is 6.04 Å². The van der Waals surface area contributed by atoms with Crippen molar-refractivity contribution >= 4 is 44.3 Å². The van der Waals surface area contributed by atoms with Crippen LogP contribution < -0.4 is 10.6 Å². The minimum absolute atomic E-state index is 0.0984. The van der Waals surface area contributed by atoms with E-state index >= 15 is 0 Å². The lowest BCUT2D eigenvalue weighted by Crippen LogP contribution is -2.09. The summed E-state index contributed by atoms with van der Waals surface area (Å²) in [5, 5.41) is 17.1. The van der Waals surface area contributed by atoms with E-state index in [0.29, 0.717) is 0 Å². The van der Waals surface area contributed by atoms with Crippen molar-refractivity contribution in [2.75, 3.05) is 10.6 Å². The molecule has 6 heteroatoms. The molecule has 1 unspecified atom stereocenters. The van der Waals surface area contributed by atoms with E-state index in [2.05, 4.69) is 37.6 Å². The number of thiophene rings is 1. The number of aromatic hydroxyl groups is 1. The molecule has 4 N–H and O–H groups in total. The Bertz CT molecular complexity index is 811. The van der Waals surface area contributed by atoms with Crippen molar-refractivity contribution < 1.29 is 5.11 Å². The molecule has 0 bridgehead atoms. The maximum absolute atomic E-state index is 10.2. The Kier molecular flexibility index (Phi) is 2.94. The highest BCUT2D eigenvalue weighted by Crippen LogP contribution is 2.45. The first kappa shape index (κ1) is 12.8. The number of nitrogens with one attached hydrogen (secondary N) is 3. The second-order valence-corrected chi connectivity index (χ2v) is 7.35. The first-order chi connectivity index (χ1) is 10.2. The van der Waals surface area contributed by atoms with Gasteiger partial charge in [0.2, 0.25) is 0 Å². The van der Waals surface area contributed by atoms with Crippen molar-refractivity contribution in [3.63, 3.8) is 0 Å². The molecule has 0 amide bonds. The van der Waals surface area contributed by atoms with Crippen LogP contribution in [0.4, 0.5) is 17.1 Å². The number of benzene rings is 1. The molecule has 0 saturated carbocycles. The molecule has 21 heavy (non-hydrogen) atoms. The summed E-state index contributed by atoms with van der Waals surface area (Å²) >= 11 is 5.16. The second kappa shape index (κ2) is 4.82. The van der Waals surface area contributed by atoms with E-state index in [1.165, 1.54) is 0 Å². The molecule has 1 atom stereocenters. The topological polar surface area (TPSA) is 60.1 Å². The molecule has 106 valence electrons. The number of halogens is 1. The number of aromatic nitrogens is 1. The molecule has 1 aliphatic heterocycles. The van der Waals surface area contributed by atoms with Gasteiger partial charge in [0.15, 0.2) is 5.88 Å². The Morgan fingerprint density at radius 3 is 2.62 bits per heavy atom. The highest BCUT2D eigenvalue weighted by molar-refractivity contribution is 9.11. The third kappa shape index (κ3) is 2.11. The molecule has 0 aliphatic carbocycles. The molecule has 1 aromatic carbocycles. The third-order valence-corrected chi connectivity index (χ3v) is 5.25. The van der Waals surface area contributed by atoms with Gasteiger partial charge in [0.05, 0.1) is 32.5 Å². The largest absolute Gasteiger partial charge is 0.494 e. The quantitative estimate of drug-likeness (QED) is 0.503. The summed E-state index contributed by atoms with van der Waals surface area (Å²) in [6.07, 6.45) is 1.80. The minimum atomic E-state index is -0.0984. The second-order valence-electron chi connectivity index (χ2n) is 4.85. The van der Waals surface area contributed by atoms with Gasteiger partial charge in [-0.2, -0.15) is 0 Å². The number of hydrogen-bond acceptors (Lipinski definition) is 4. The molecular weight excluding hydrogens is 350 g/mol. The third-order valence-electron chi connectivity index (χ3n) is 3.56. The average molecular weight is 362 g/mol. The molecule has 0 spiro atoms. The number of anilines is 3. The van der Waals surface area contributed by atoms with E-state index in [9.17, 15) is 5.11 Å². The van der Waals surface area contributed by atoms with Crippen LogP contribution >= 0.6 is 27.3 Å². The van der Waals surface area contributed by atoms with Crippen LogP contribution in [0.1, 0.15) is 16.5 Å². The lowest BCUT2D eigenvalue weighted by Gasteiger charge is -2.17. The lowest BCUT2D eigenvalue weighted by molar-refractivity contribution is 0.449. The van der Waals surface area contributed by atoms with Gasteiger partial charge in [-0.25, -0.2) is 0 Å². The van der Waals surface area contributed by atoms with Crippen molar-refractivity contribution in [1.29, 1.82) is 0 Å². The van der Waals surface area contributed by atoms with E-state index in [4.69, 9.17) is 0 Å². The zero-order valence-electron chi connectivity index (χ0n) is 10.9. The summed E-state index contributed by atoms with van der Waals surface area (Å²) in [5.74, 6) is 0.187. The predicted molar refractivity (Wildman–Crippen MR) is 89.7 cm³/mol. The number of rotatable bonds is 1. The highest BCUT2D eigenvalue weighted by Gasteiger charge is 2.27. The van der Waals surface area contributed by atoms with Gasteiger partial charge in [-0.3, -0.25) is 0 Å². The van der Waals surface area contributed by atoms with Crippen LogP contribution in [-0.4, -0.2) is 10.1 Å². The fourth-order valence-electron chi connectivity index (χ4n) is 2.61. The molecule has 0 radical (unpaired) electrons. The SMILES string of the molecule is Oc1[nH]cc2c1C(c1ccc(Br)s1)Nc1ccccc1N2. The normalized spacial score (nSPS) is 16.3. The van der Waals surface area contributed by atoms with Crippen LogP contribution in [0.25, 0.3) is 0 Å². The van der Waals surface area contributed by atoms with Crippen LogP contribution in [0.3, 0.4) is 0 Å². The van der Waals surface area contributed by atoms with Gasteiger partial charge in [-0.15, -0.1) is 11.3 Å². The Morgan fingerprint density at radius 2 is 1.86 bits per heavy atom.